The van der Waals surface area contributed by atoms with Crippen LogP contribution >= 0.6 is 23.1 Å². The summed E-state index contributed by atoms with van der Waals surface area (Å²) in [4.78, 5) is 45.9. The van der Waals surface area contributed by atoms with Crippen LogP contribution < -0.4 is 10.9 Å². The van der Waals surface area contributed by atoms with Crippen LogP contribution in [0.2, 0.25) is 0 Å². The third-order valence-corrected chi connectivity index (χ3v) is 7.33. The zero-order valence-electron chi connectivity index (χ0n) is 17.2. The van der Waals surface area contributed by atoms with Gasteiger partial charge in [-0.2, -0.15) is 11.8 Å². The Morgan fingerprint density at radius 1 is 1.23 bits per heavy atom. The van der Waals surface area contributed by atoms with E-state index in [0.29, 0.717) is 35.0 Å². The number of methoxy groups -OCH3 is 1. The molecule has 1 aliphatic carbocycles. The smallest absolute Gasteiger partial charge is 0.337 e. The lowest BCUT2D eigenvalue weighted by atomic mass is 9.97. The Balaban J connectivity index is 1.28. The lowest BCUT2D eigenvalue weighted by molar-refractivity contribution is -0.115. The van der Waals surface area contributed by atoms with Crippen LogP contribution in [0.5, 0.6) is 0 Å². The molecule has 0 fully saturated rings. The van der Waals surface area contributed by atoms with Gasteiger partial charge in [-0.3, -0.25) is 9.59 Å². The number of amides is 1. The molecule has 31 heavy (non-hydrogen) atoms. The molecule has 3 aromatic rings. The normalized spacial score (nSPS) is 13.1. The van der Waals surface area contributed by atoms with Crippen molar-refractivity contribution < 1.29 is 14.3 Å². The number of esters is 1. The number of aromatic amines is 1. The first-order valence-corrected chi connectivity index (χ1v) is 12.1. The van der Waals surface area contributed by atoms with Gasteiger partial charge in [-0.25, -0.2) is 9.78 Å². The molecule has 0 bridgehead atoms. The first kappa shape index (κ1) is 21.6. The predicted molar refractivity (Wildman–Crippen MR) is 124 cm³/mol. The third-order valence-electron chi connectivity index (χ3n) is 5.18. The molecular formula is C22H23N3O4S2. The molecule has 1 aliphatic rings. The minimum Gasteiger partial charge on any atom is -0.465 e. The number of benzene rings is 1. The van der Waals surface area contributed by atoms with E-state index in [-0.39, 0.29) is 11.5 Å². The van der Waals surface area contributed by atoms with E-state index in [9.17, 15) is 14.4 Å². The highest BCUT2D eigenvalue weighted by Crippen LogP contribution is 2.33. The minimum absolute atomic E-state index is 0.0480. The number of fused-ring (bicyclic) bond motifs is 3. The van der Waals surface area contributed by atoms with Crippen LogP contribution in [-0.4, -0.2) is 34.7 Å². The second-order valence-electron chi connectivity index (χ2n) is 7.32. The number of carbonyl (C=O) groups excluding carboxylic acids is 2. The number of anilines is 1. The van der Waals surface area contributed by atoms with Crippen molar-refractivity contribution in [2.24, 2.45) is 0 Å². The minimum atomic E-state index is -0.415. The quantitative estimate of drug-likeness (QED) is 0.412. The number of nitrogens with one attached hydrogen (secondary N) is 2. The number of aryl methyl sites for hydroxylation is 2. The van der Waals surface area contributed by atoms with Gasteiger partial charge in [0.15, 0.2) is 0 Å². The summed E-state index contributed by atoms with van der Waals surface area (Å²) in [6.45, 7) is 0. The van der Waals surface area contributed by atoms with Gasteiger partial charge in [0.05, 0.1) is 23.8 Å². The van der Waals surface area contributed by atoms with Crippen molar-refractivity contribution in [1.82, 2.24) is 9.97 Å². The monoisotopic (exact) mass is 457 g/mol. The summed E-state index contributed by atoms with van der Waals surface area (Å²) in [6.07, 6.45) is 4.66. The zero-order valence-corrected chi connectivity index (χ0v) is 18.8. The molecule has 2 aromatic heterocycles. The first-order chi connectivity index (χ1) is 15.0. The topological polar surface area (TPSA) is 101 Å². The molecule has 0 aliphatic heterocycles. The number of aromatic nitrogens is 2. The van der Waals surface area contributed by atoms with Crippen LogP contribution in [0, 0.1) is 0 Å². The van der Waals surface area contributed by atoms with Gasteiger partial charge in [0.25, 0.3) is 5.56 Å². The largest absolute Gasteiger partial charge is 0.465 e. The predicted octanol–water partition coefficient (Wildman–Crippen LogP) is 3.91. The highest BCUT2D eigenvalue weighted by atomic mass is 32.2. The van der Waals surface area contributed by atoms with E-state index in [4.69, 9.17) is 0 Å². The zero-order chi connectivity index (χ0) is 21.8. The molecule has 2 heterocycles. The second kappa shape index (κ2) is 9.65. The average molecular weight is 458 g/mol. The molecular weight excluding hydrogens is 434 g/mol. The maximum absolute atomic E-state index is 12.6. The van der Waals surface area contributed by atoms with Crippen molar-refractivity contribution in [1.29, 1.82) is 0 Å². The van der Waals surface area contributed by atoms with Crippen molar-refractivity contribution in [3.05, 3.63) is 56.4 Å². The first-order valence-electron chi connectivity index (χ1n) is 10.1. The van der Waals surface area contributed by atoms with Crippen molar-refractivity contribution in [2.45, 2.75) is 37.9 Å². The van der Waals surface area contributed by atoms with Gasteiger partial charge in [-0.05, 0) is 55.5 Å². The summed E-state index contributed by atoms with van der Waals surface area (Å²) in [5.74, 6) is 1.28. The molecule has 0 unspecified atom stereocenters. The molecule has 0 saturated heterocycles. The SMILES string of the molecule is COC(=O)c1ccc(NC(=O)CCSCc2nc3sc4c(c3c(=O)[nH]2)CCCC4)cc1. The molecule has 162 valence electrons. The van der Waals surface area contributed by atoms with Crippen molar-refractivity contribution >= 4 is 50.9 Å². The van der Waals surface area contributed by atoms with E-state index < -0.39 is 5.97 Å². The van der Waals surface area contributed by atoms with E-state index in [1.54, 1.807) is 47.4 Å². The number of thiophene rings is 1. The van der Waals surface area contributed by atoms with Gasteiger partial charge in [-0.15, -0.1) is 11.3 Å². The molecule has 9 heteroatoms. The summed E-state index contributed by atoms with van der Waals surface area (Å²) in [5, 5.41) is 3.58. The second-order valence-corrected chi connectivity index (χ2v) is 9.51. The van der Waals surface area contributed by atoms with Crippen LogP contribution in [0.1, 0.15) is 45.9 Å². The van der Waals surface area contributed by atoms with Gasteiger partial charge in [-0.1, -0.05) is 0 Å². The number of nitrogens with zero attached hydrogens (tertiary/aromatic N) is 1. The molecule has 4 rings (SSSR count). The number of hydrogen-bond acceptors (Lipinski definition) is 7. The van der Waals surface area contributed by atoms with Gasteiger partial charge < -0.3 is 15.0 Å². The Morgan fingerprint density at radius 2 is 2.00 bits per heavy atom. The molecule has 7 nitrogen and oxygen atoms in total. The van der Waals surface area contributed by atoms with E-state index >= 15 is 0 Å². The Labute approximate surface area is 187 Å². The molecule has 1 aromatic carbocycles. The van der Waals surface area contributed by atoms with Crippen LogP contribution in [-0.2, 0) is 28.1 Å². The maximum Gasteiger partial charge on any atom is 0.337 e. The lowest BCUT2D eigenvalue weighted by Crippen LogP contribution is -2.14. The molecule has 0 radical (unpaired) electrons. The van der Waals surface area contributed by atoms with Crippen molar-refractivity contribution in [2.75, 3.05) is 18.2 Å². The summed E-state index contributed by atoms with van der Waals surface area (Å²) < 4.78 is 4.66. The fourth-order valence-corrected chi connectivity index (χ4v) is 5.73. The molecule has 0 spiro atoms. The Bertz CT molecular complexity index is 1170. The third kappa shape index (κ3) is 4.99. The maximum atomic E-state index is 12.6. The summed E-state index contributed by atoms with van der Waals surface area (Å²) in [6, 6.07) is 6.55. The highest BCUT2D eigenvalue weighted by Gasteiger charge is 2.19. The Hall–Kier alpha value is -2.65. The van der Waals surface area contributed by atoms with Gasteiger partial charge in [0, 0.05) is 22.7 Å². The number of hydrogen-bond donors (Lipinski definition) is 2. The van der Waals surface area contributed by atoms with Crippen molar-refractivity contribution in [3.8, 4) is 0 Å². The van der Waals surface area contributed by atoms with Gasteiger partial charge in [0.1, 0.15) is 10.7 Å². The average Bonchev–Trinajstić information content (AvgIpc) is 3.15. The molecule has 2 N–H and O–H groups in total. The molecule has 0 saturated carbocycles. The van der Waals surface area contributed by atoms with E-state index in [1.165, 1.54) is 24.0 Å². The van der Waals surface area contributed by atoms with E-state index in [2.05, 4.69) is 20.0 Å². The van der Waals surface area contributed by atoms with Crippen molar-refractivity contribution in [3.63, 3.8) is 0 Å². The molecule has 1 amide bonds. The van der Waals surface area contributed by atoms with Crippen LogP contribution in [0.15, 0.2) is 29.1 Å². The lowest BCUT2D eigenvalue weighted by Gasteiger charge is -2.09. The summed E-state index contributed by atoms with van der Waals surface area (Å²) in [5.41, 5.74) is 2.20. The number of ether oxygens (including phenoxy) is 1. The molecule has 0 atom stereocenters. The Kier molecular flexibility index (Phi) is 6.72. The van der Waals surface area contributed by atoms with Gasteiger partial charge >= 0.3 is 5.97 Å². The fourth-order valence-electron chi connectivity index (χ4n) is 3.64. The van der Waals surface area contributed by atoms with Crippen LogP contribution in [0.25, 0.3) is 10.2 Å². The van der Waals surface area contributed by atoms with Gasteiger partial charge in [0.2, 0.25) is 5.91 Å². The fraction of sp³-hybridized carbons (Fsp3) is 0.364. The number of thioether (sulfide) groups is 1. The van der Waals surface area contributed by atoms with Crippen LogP contribution in [0.3, 0.4) is 0 Å². The highest BCUT2D eigenvalue weighted by molar-refractivity contribution is 7.98. The van der Waals surface area contributed by atoms with E-state index in [0.717, 1.165) is 29.5 Å². The van der Waals surface area contributed by atoms with E-state index in [1.807, 2.05) is 0 Å². The number of H-pyrrole nitrogens is 1. The standard InChI is InChI=1S/C22H23N3O4S2/c1-29-22(28)13-6-8-14(9-7-13)23-18(26)10-11-30-12-17-24-20(27)19-15-4-2-3-5-16(15)31-21(19)25-17/h6-9H,2-5,10-12H2,1H3,(H,23,26)(H,24,25,27). The summed E-state index contributed by atoms with van der Waals surface area (Å²) >= 11 is 3.20. The van der Waals surface area contributed by atoms with Crippen LogP contribution in [0.4, 0.5) is 5.69 Å². The number of carbonyl (C=O) groups is 2. The number of rotatable bonds is 7. The Morgan fingerprint density at radius 3 is 2.77 bits per heavy atom. The summed E-state index contributed by atoms with van der Waals surface area (Å²) in [7, 11) is 1.33.